The zero-order valence-electron chi connectivity index (χ0n) is 17.0. The van der Waals surface area contributed by atoms with E-state index >= 15 is 0 Å². The molecule has 1 aliphatic rings. The summed E-state index contributed by atoms with van der Waals surface area (Å²) >= 11 is 0. The lowest BCUT2D eigenvalue weighted by atomic mass is 10.0. The highest BCUT2D eigenvalue weighted by Gasteiger charge is 2.09. The Morgan fingerprint density at radius 2 is 1.66 bits per heavy atom. The fourth-order valence-electron chi connectivity index (χ4n) is 3.18. The maximum atomic E-state index is 12.2. The second-order valence-corrected chi connectivity index (χ2v) is 9.07. The average Bonchev–Trinajstić information content (AvgIpc) is 3.30. The van der Waals surface area contributed by atoms with Crippen molar-refractivity contribution >= 4 is 22.6 Å². The lowest BCUT2D eigenvalue weighted by molar-refractivity contribution is 0.0514. The molecule has 3 rings (SSSR count). The molecule has 0 saturated carbocycles. The molecule has 0 saturated heterocycles. The van der Waals surface area contributed by atoms with Crippen LogP contribution in [-0.2, 0) is 11.3 Å². The van der Waals surface area contributed by atoms with Crippen molar-refractivity contribution in [1.29, 1.82) is 0 Å². The van der Waals surface area contributed by atoms with E-state index in [9.17, 15) is 4.79 Å². The molecule has 1 aliphatic heterocycles. The zero-order valence-corrected chi connectivity index (χ0v) is 17.9. The van der Waals surface area contributed by atoms with Gasteiger partial charge in [-0.25, -0.2) is 4.79 Å². The highest BCUT2D eigenvalue weighted by molar-refractivity contribution is 8.22. The van der Waals surface area contributed by atoms with Gasteiger partial charge in [-0.2, -0.15) is 10.9 Å². The molecule has 152 valence electrons. The third kappa shape index (κ3) is 6.75. The quantitative estimate of drug-likeness (QED) is 0.154. The lowest BCUT2D eigenvalue weighted by Gasteiger charge is -2.12. The normalized spacial score (nSPS) is 14.4. The fraction of sp³-hybridized carbons (Fsp3) is 0.280. The number of allylic oxidation sites excluding steroid dienone is 2. The monoisotopic (exact) mass is 407 g/mol. The van der Waals surface area contributed by atoms with Gasteiger partial charge in [-0.05, 0) is 58.4 Å². The predicted octanol–water partition coefficient (Wildman–Crippen LogP) is 6.81. The van der Waals surface area contributed by atoms with Gasteiger partial charge in [0.2, 0.25) is 0 Å². The SMILES string of the molecule is CCCCCCC(Cc1ccc([SH]2C=CC=C2)cc1)=NOC(=O)c1ccccc1. The van der Waals surface area contributed by atoms with Crippen molar-refractivity contribution in [3.05, 3.63) is 88.7 Å². The van der Waals surface area contributed by atoms with Crippen LogP contribution in [0.25, 0.3) is 0 Å². The molecule has 0 bridgehead atoms. The zero-order chi connectivity index (χ0) is 20.3. The Hall–Kier alpha value is -2.59. The minimum atomic E-state index is -0.408. The molecule has 0 aliphatic carbocycles. The first kappa shape index (κ1) is 21.1. The van der Waals surface area contributed by atoms with Crippen LogP contribution in [0.5, 0.6) is 0 Å². The maximum absolute atomic E-state index is 12.2. The lowest BCUT2D eigenvalue weighted by Crippen LogP contribution is -2.08. The molecule has 0 atom stereocenters. The van der Waals surface area contributed by atoms with Gasteiger partial charge >= 0.3 is 5.97 Å². The molecular weight excluding hydrogens is 378 g/mol. The van der Waals surface area contributed by atoms with E-state index in [1.165, 1.54) is 29.7 Å². The molecule has 0 amide bonds. The van der Waals surface area contributed by atoms with E-state index in [-0.39, 0.29) is 10.9 Å². The highest BCUT2D eigenvalue weighted by atomic mass is 32.2. The molecule has 29 heavy (non-hydrogen) atoms. The third-order valence-corrected chi connectivity index (χ3v) is 6.71. The molecule has 0 N–H and O–H groups in total. The Balaban J connectivity index is 1.64. The minimum Gasteiger partial charge on any atom is -0.313 e. The van der Waals surface area contributed by atoms with E-state index in [1.54, 1.807) is 12.1 Å². The minimum absolute atomic E-state index is 0.288. The number of benzene rings is 2. The van der Waals surface area contributed by atoms with Crippen LogP contribution in [0.1, 0.15) is 54.9 Å². The average molecular weight is 408 g/mol. The molecule has 0 fully saturated rings. The molecule has 2 aromatic rings. The van der Waals surface area contributed by atoms with Crippen LogP contribution >= 0.6 is 10.9 Å². The standard InChI is InChI=1S/C25H29NO2S/c1-2-3-4-8-13-23(26-28-25(27)22-11-6-5-7-12-22)20-21-14-16-24(17-15-21)29-18-9-10-19-29/h5-7,9-12,14-19,29H,2-4,8,13,20H2,1H3. The van der Waals surface area contributed by atoms with Crippen LogP contribution in [-0.4, -0.2) is 11.7 Å². The summed E-state index contributed by atoms with van der Waals surface area (Å²) in [7, 11) is -0.288. The maximum Gasteiger partial charge on any atom is 0.365 e. The fourth-order valence-corrected chi connectivity index (χ4v) is 4.69. The first-order valence-electron chi connectivity index (χ1n) is 10.3. The van der Waals surface area contributed by atoms with Gasteiger partial charge in [-0.15, -0.1) is 0 Å². The van der Waals surface area contributed by atoms with Crippen molar-refractivity contribution in [2.45, 2.75) is 50.3 Å². The molecule has 2 aromatic carbocycles. The molecule has 0 radical (unpaired) electrons. The first-order chi connectivity index (χ1) is 14.3. The van der Waals surface area contributed by atoms with Gasteiger partial charge in [-0.1, -0.05) is 73.8 Å². The summed E-state index contributed by atoms with van der Waals surface area (Å²) in [5, 5.41) is 8.76. The molecule has 0 aromatic heterocycles. The van der Waals surface area contributed by atoms with Crippen LogP contribution < -0.4 is 0 Å². The number of carbonyl (C=O) groups is 1. The summed E-state index contributed by atoms with van der Waals surface area (Å²) < 4.78 is 0. The van der Waals surface area contributed by atoms with Gasteiger partial charge in [0, 0.05) is 6.42 Å². The Morgan fingerprint density at radius 3 is 2.34 bits per heavy atom. The van der Waals surface area contributed by atoms with Gasteiger partial charge in [0.1, 0.15) is 0 Å². The number of nitrogens with zero attached hydrogens (tertiary/aromatic N) is 1. The number of hydrogen-bond donors (Lipinski definition) is 1. The molecule has 0 unspecified atom stereocenters. The molecule has 0 spiro atoms. The summed E-state index contributed by atoms with van der Waals surface area (Å²) in [5.74, 6) is -0.408. The molecular formula is C25H29NO2S. The van der Waals surface area contributed by atoms with E-state index in [4.69, 9.17) is 4.84 Å². The van der Waals surface area contributed by atoms with E-state index in [2.05, 4.69) is 59.3 Å². The van der Waals surface area contributed by atoms with Crippen LogP contribution in [0.3, 0.4) is 0 Å². The Bertz CT molecular complexity index is 857. The van der Waals surface area contributed by atoms with Gasteiger partial charge in [0.15, 0.2) is 0 Å². The van der Waals surface area contributed by atoms with Crippen molar-refractivity contribution in [2.75, 3.05) is 0 Å². The number of rotatable bonds is 10. The summed E-state index contributed by atoms with van der Waals surface area (Å²) in [5.41, 5.74) is 2.64. The van der Waals surface area contributed by atoms with Crippen molar-refractivity contribution in [1.82, 2.24) is 0 Å². The van der Waals surface area contributed by atoms with E-state index in [0.29, 0.717) is 12.0 Å². The number of oxime groups is 1. The smallest absolute Gasteiger partial charge is 0.313 e. The van der Waals surface area contributed by atoms with Crippen molar-refractivity contribution in [3.8, 4) is 0 Å². The van der Waals surface area contributed by atoms with Gasteiger partial charge in [0.25, 0.3) is 0 Å². The van der Waals surface area contributed by atoms with Crippen LogP contribution in [0.15, 0.2) is 87.6 Å². The van der Waals surface area contributed by atoms with Crippen molar-refractivity contribution in [3.63, 3.8) is 0 Å². The van der Waals surface area contributed by atoms with Gasteiger partial charge in [0.05, 0.1) is 11.3 Å². The summed E-state index contributed by atoms with van der Waals surface area (Å²) in [4.78, 5) is 18.8. The topological polar surface area (TPSA) is 38.7 Å². The molecule has 1 heterocycles. The number of carbonyl (C=O) groups excluding carboxylic acids is 1. The highest BCUT2D eigenvalue weighted by Crippen LogP contribution is 2.41. The van der Waals surface area contributed by atoms with Crippen LogP contribution in [0, 0.1) is 0 Å². The van der Waals surface area contributed by atoms with Crippen molar-refractivity contribution in [2.24, 2.45) is 5.16 Å². The third-order valence-electron chi connectivity index (χ3n) is 4.83. The summed E-state index contributed by atoms with van der Waals surface area (Å²) in [6.45, 7) is 2.20. The largest absolute Gasteiger partial charge is 0.365 e. The summed E-state index contributed by atoms with van der Waals surface area (Å²) in [6, 6.07) is 17.7. The second-order valence-electron chi connectivity index (χ2n) is 7.15. The first-order valence-corrected chi connectivity index (χ1v) is 11.8. The van der Waals surface area contributed by atoms with Crippen LogP contribution in [0.2, 0.25) is 0 Å². The number of thiol groups is 1. The van der Waals surface area contributed by atoms with E-state index < -0.39 is 5.97 Å². The Kier molecular flexibility index (Phi) is 8.32. The predicted molar refractivity (Wildman–Crippen MR) is 124 cm³/mol. The Labute approximate surface area is 176 Å². The van der Waals surface area contributed by atoms with E-state index in [1.807, 2.05) is 18.2 Å². The number of unbranched alkanes of at least 4 members (excludes halogenated alkanes) is 3. The second kappa shape index (κ2) is 11.4. The van der Waals surface area contributed by atoms with Crippen molar-refractivity contribution < 1.29 is 9.63 Å². The molecule has 3 nitrogen and oxygen atoms in total. The van der Waals surface area contributed by atoms with Gasteiger partial charge in [-0.3, -0.25) is 0 Å². The van der Waals surface area contributed by atoms with E-state index in [0.717, 1.165) is 18.6 Å². The Morgan fingerprint density at radius 1 is 0.931 bits per heavy atom. The van der Waals surface area contributed by atoms with Crippen LogP contribution in [0.4, 0.5) is 0 Å². The number of hydrogen-bond acceptors (Lipinski definition) is 3. The summed E-state index contributed by atoms with van der Waals surface area (Å²) in [6.07, 6.45) is 10.4. The molecule has 4 heteroatoms. The van der Waals surface area contributed by atoms with Gasteiger partial charge < -0.3 is 4.84 Å².